The zero-order valence-electron chi connectivity index (χ0n) is 18.3. The average Bonchev–Trinajstić information content (AvgIpc) is 3.22. The molecule has 4 rings (SSSR count). The van der Waals surface area contributed by atoms with Gasteiger partial charge in [-0.15, -0.1) is 0 Å². The second-order valence-corrected chi connectivity index (χ2v) is 7.90. The van der Waals surface area contributed by atoms with E-state index in [1.54, 1.807) is 28.9 Å². The molecule has 9 heteroatoms. The van der Waals surface area contributed by atoms with Gasteiger partial charge in [-0.25, -0.2) is 14.6 Å². The molecule has 1 aliphatic rings. The number of ketones is 1. The maximum atomic E-state index is 13.0. The van der Waals surface area contributed by atoms with Crippen molar-refractivity contribution in [3.05, 3.63) is 54.0 Å². The number of fused-ring (bicyclic) bond motifs is 1. The Morgan fingerprint density at radius 1 is 1.09 bits per heavy atom. The van der Waals surface area contributed by atoms with Gasteiger partial charge in [0.2, 0.25) is 0 Å². The minimum absolute atomic E-state index is 0.108. The summed E-state index contributed by atoms with van der Waals surface area (Å²) in [6.07, 6.45) is 4.47. The molecule has 1 aromatic carbocycles. The van der Waals surface area contributed by atoms with Gasteiger partial charge in [-0.3, -0.25) is 14.4 Å². The first-order chi connectivity index (χ1) is 15.4. The summed E-state index contributed by atoms with van der Waals surface area (Å²) >= 11 is 0. The standard InChI is InChI=1S/C23H25N5O4/c1-26(18-6-7-19(24-14-18)22(30)32-3)23(31)28-10-8-15(9-11-28)21(29)16-4-5-17-13-25-27(2)20(17)12-16/h4-7,12-15H,8-11H2,1-3H3. The van der Waals surface area contributed by atoms with Gasteiger partial charge in [0.1, 0.15) is 5.69 Å². The number of pyridine rings is 1. The Kier molecular flexibility index (Phi) is 5.89. The number of rotatable bonds is 4. The van der Waals surface area contributed by atoms with E-state index in [9.17, 15) is 14.4 Å². The van der Waals surface area contributed by atoms with Crippen molar-refractivity contribution in [2.45, 2.75) is 12.8 Å². The highest BCUT2D eigenvalue weighted by Crippen LogP contribution is 2.25. The number of benzene rings is 1. The molecule has 166 valence electrons. The number of carbonyl (C=O) groups excluding carboxylic acids is 3. The van der Waals surface area contributed by atoms with Crippen LogP contribution in [0.4, 0.5) is 10.5 Å². The van der Waals surface area contributed by atoms with Crippen LogP contribution in [0.3, 0.4) is 0 Å². The number of esters is 1. The third-order valence-electron chi connectivity index (χ3n) is 5.99. The fraction of sp³-hybridized carbons (Fsp3) is 0.348. The van der Waals surface area contributed by atoms with E-state index in [2.05, 4.69) is 14.8 Å². The monoisotopic (exact) mass is 435 g/mol. The number of piperidine rings is 1. The van der Waals surface area contributed by atoms with Crippen LogP contribution in [0, 0.1) is 5.92 Å². The van der Waals surface area contributed by atoms with Gasteiger partial charge in [-0.2, -0.15) is 5.10 Å². The van der Waals surface area contributed by atoms with E-state index in [1.165, 1.54) is 24.3 Å². The Labute approximate surface area is 185 Å². The van der Waals surface area contributed by atoms with Gasteiger partial charge < -0.3 is 9.64 Å². The van der Waals surface area contributed by atoms with Crippen LogP contribution in [0.2, 0.25) is 0 Å². The molecule has 2 aromatic heterocycles. The predicted octanol–water partition coefficient (Wildman–Crippen LogP) is 2.91. The molecule has 1 saturated heterocycles. The van der Waals surface area contributed by atoms with Crippen LogP contribution in [0.1, 0.15) is 33.7 Å². The van der Waals surface area contributed by atoms with Crippen molar-refractivity contribution in [3.63, 3.8) is 0 Å². The van der Waals surface area contributed by atoms with Crippen molar-refractivity contribution in [1.82, 2.24) is 19.7 Å². The fourth-order valence-corrected chi connectivity index (χ4v) is 4.00. The first-order valence-corrected chi connectivity index (χ1v) is 10.4. The number of aromatic nitrogens is 3. The van der Waals surface area contributed by atoms with Crippen LogP contribution < -0.4 is 4.90 Å². The molecule has 1 fully saturated rings. The molecule has 0 N–H and O–H groups in total. The van der Waals surface area contributed by atoms with Crippen LogP contribution in [0.15, 0.2) is 42.7 Å². The Morgan fingerprint density at radius 3 is 2.50 bits per heavy atom. The summed E-state index contributed by atoms with van der Waals surface area (Å²) in [6.45, 7) is 1.00. The van der Waals surface area contributed by atoms with Crippen molar-refractivity contribution in [2.24, 2.45) is 13.0 Å². The number of anilines is 1. The van der Waals surface area contributed by atoms with E-state index in [0.717, 1.165) is 10.9 Å². The van der Waals surface area contributed by atoms with Crippen molar-refractivity contribution in [3.8, 4) is 0 Å². The summed E-state index contributed by atoms with van der Waals surface area (Å²) < 4.78 is 6.40. The number of aryl methyl sites for hydroxylation is 1. The molecule has 0 atom stereocenters. The Bertz CT molecular complexity index is 1160. The molecular formula is C23H25N5O4. The molecule has 1 aliphatic heterocycles. The molecule has 0 bridgehead atoms. The normalized spacial score (nSPS) is 14.4. The van der Waals surface area contributed by atoms with Crippen LogP contribution >= 0.6 is 0 Å². The molecule has 0 spiro atoms. The number of hydrogen-bond donors (Lipinski definition) is 0. The summed E-state index contributed by atoms with van der Waals surface area (Å²) in [6, 6.07) is 8.67. The number of nitrogens with zero attached hydrogens (tertiary/aromatic N) is 5. The highest BCUT2D eigenvalue weighted by atomic mass is 16.5. The summed E-state index contributed by atoms with van der Waals surface area (Å²) in [4.78, 5) is 44.8. The van der Waals surface area contributed by atoms with Crippen molar-refractivity contribution in [1.29, 1.82) is 0 Å². The highest BCUT2D eigenvalue weighted by Gasteiger charge is 2.30. The van der Waals surface area contributed by atoms with Gasteiger partial charge in [0, 0.05) is 44.1 Å². The quantitative estimate of drug-likeness (QED) is 0.462. The lowest BCUT2D eigenvalue weighted by molar-refractivity contribution is 0.0594. The number of urea groups is 1. The zero-order chi connectivity index (χ0) is 22.8. The second-order valence-electron chi connectivity index (χ2n) is 7.90. The first kappa shape index (κ1) is 21.5. The van der Waals surface area contributed by atoms with Gasteiger partial charge in [-0.1, -0.05) is 12.1 Å². The summed E-state index contributed by atoms with van der Waals surface area (Å²) in [5, 5.41) is 5.23. The summed E-state index contributed by atoms with van der Waals surface area (Å²) in [5.41, 5.74) is 2.36. The van der Waals surface area contributed by atoms with Gasteiger partial charge in [-0.05, 0) is 31.0 Å². The third kappa shape index (κ3) is 4.05. The summed E-state index contributed by atoms with van der Waals surface area (Å²) in [5.74, 6) is -0.535. The fourth-order valence-electron chi connectivity index (χ4n) is 4.00. The van der Waals surface area contributed by atoms with E-state index in [0.29, 0.717) is 37.2 Å². The van der Waals surface area contributed by atoms with Crippen LogP contribution in [0.25, 0.3) is 10.9 Å². The first-order valence-electron chi connectivity index (χ1n) is 10.4. The van der Waals surface area contributed by atoms with Crippen LogP contribution in [-0.4, -0.2) is 64.7 Å². The SMILES string of the molecule is COC(=O)c1ccc(N(C)C(=O)N2CCC(C(=O)c3ccc4cnn(C)c4c3)CC2)cn1. The maximum Gasteiger partial charge on any atom is 0.356 e. The van der Waals surface area contributed by atoms with Crippen molar-refractivity contribution < 1.29 is 19.1 Å². The molecule has 3 aromatic rings. The average molecular weight is 435 g/mol. The van der Waals surface area contributed by atoms with Gasteiger partial charge in [0.25, 0.3) is 0 Å². The number of methoxy groups -OCH3 is 1. The molecule has 0 aliphatic carbocycles. The van der Waals surface area contributed by atoms with Crippen LogP contribution in [-0.2, 0) is 11.8 Å². The van der Waals surface area contributed by atoms with Gasteiger partial charge >= 0.3 is 12.0 Å². The number of ether oxygens (including phenoxy) is 1. The predicted molar refractivity (Wildman–Crippen MR) is 119 cm³/mol. The lowest BCUT2D eigenvalue weighted by Crippen LogP contribution is -2.46. The lowest BCUT2D eigenvalue weighted by Gasteiger charge is -2.34. The Hall–Kier alpha value is -3.75. The molecule has 0 unspecified atom stereocenters. The Morgan fingerprint density at radius 2 is 1.84 bits per heavy atom. The Balaban J connectivity index is 1.38. The van der Waals surface area contributed by atoms with Gasteiger partial charge in [0.05, 0.1) is 30.7 Å². The number of Topliss-reactive ketones (excluding diaryl/α,β-unsaturated/α-hetero) is 1. The number of likely N-dealkylation sites (tertiary alicyclic amines) is 1. The number of amides is 2. The van der Waals surface area contributed by atoms with E-state index in [4.69, 9.17) is 0 Å². The smallest absolute Gasteiger partial charge is 0.356 e. The van der Waals surface area contributed by atoms with E-state index in [1.807, 2.05) is 25.2 Å². The molecule has 0 radical (unpaired) electrons. The minimum Gasteiger partial charge on any atom is -0.464 e. The van der Waals surface area contributed by atoms with E-state index in [-0.39, 0.29) is 23.4 Å². The molecular weight excluding hydrogens is 410 g/mol. The second kappa shape index (κ2) is 8.78. The van der Waals surface area contributed by atoms with Crippen LogP contribution in [0.5, 0.6) is 0 Å². The van der Waals surface area contributed by atoms with E-state index < -0.39 is 5.97 Å². The zero-order valence-corrected chi connectivity index (χ0v) is 18.3. The number of hydrogen-bond acceptors (Lipinski definition) is 6. The molecule has 9 nitrogen and oxygen atoms in total. The molecule has 32 heavy (non-hydrogen) atoms. The maximum absolute atomic E-state index is 13.0. The van der Waals surface area contributed by atoms with Crippen molar-refractivity contribution >= 4 is 34.4 Å². The van der Waals surface area contributed by atoms with Crippen molar-refractivity contribution in [2.75, 3.05) is 32.1 Å². The largest absolute Gasteiger partial charge is 0.464 e. The molecule has 2 amide bonds. The highest BCUT2D eigenvalue weighted by molar-refractivity contribution is 6.01. The number of carbonyl (C=O) groups is 3. The van der Waals surface area contributed by atoms with Gasteiger partial charge in [0.15, 0.2) is 5.78 Å². The molecule has 3 heterocycles. The third-order valence-corrected chi connectivity index (χ3v) is 5.99. The minimum atomic E-state index is -0.528. The van der Waals surface area contributed by atoms with E-state index >= 15 is 0 Å². The topological polar surface area (TPSA) is 97.6 Å². The molecule has 0 saturated carbocycles. The lowest BCUT2D eigenvalue weighted by atomic mass is 9.88. The summed E-state index contributed by atoms with van der Waals surface area (Å²) in [7, 11) is 4.81.